The van der Waals surface area contributed by atoms with Gasteiger partial charge in [0.05, 0.1) is 11.1 Å². The van der Waals surface area contributed by atoms with Gasteiger partial charge in [-0.3, -0.25) is 0 Å². The molecule has 3 rings (SSSR count). The second kappa shape index (κ2) is 4.86. The standard InChI is InChI=1S/C14H10ClN3O2/c15-12-10(6-3-7-17-12)18-11-8-4-1-2-5-9(8)14(19)20-13(11)16/h1-7,18H,16H2. The smallest absolute Gasteiger partial charge is 0.345 e. The van der Waals surface area contributed by atoms with E-state index in [1.807, 2.05) is 6.07 Å². The summed E-state index contributed by atoms with van der Waals surface area (Å²) in [5, 5.41) is 4.48. The molecule has 0 aliphatic carbocycles. The maximum absolute atomic E-state index is 11.8. The molecule has 6 heteroatoms. The van der Waals surface area contributed by atoms with Gasteiger partial charge in [-0.1, -0.05) is 29.8 Å². The maximum atomic E-state index is 11.8. The molecule has 0 fully saturated rings. The van der Waals surface area contributed by atoms with E-state index in [1.165, 1.54) is 0 Å². The second-order valence-electron chi connectivity index (χ2n) is 4.14. The fourth-order valence-electron chi connectivity index (χ4n) is 1.96. The molecule has 0 amide bonds. The van der Waals surface area contributed by atoms with Gasteiger partial charge in [0, 0.05) is 11.6 Å². The van der Waals surface area contributed by atoms with Gasteiger partial charge in [0.1, 0.15) is 5.69 Å². The Morgan fingerprint density at radius 3 is 2.65 bits per heavy atom. The number of fused-ring (bicyclic) bond motifs is 1. The van der Waals surface area contributed by atoms with E-state index in [0.717, 1.165) is 0 Å². The number of benzene rings is 1. The molecular weight excluding hydrogens is 278 g/mol. The van der Waals surface area contributed by atoms with Crippen LogP contribution in [0.4, 0.5) is 17.3 Å². The minimum Gasteiger partial charge on any atom is -0.404 e. The third kappa shape index (κ3) is 2.08. The van der Waals surface area contributed by atoms with E-state index < -0.39 is 5.63 Å². The Labute approximate surface area is 119 Å². The molecule has 3 aromatic rings. The Balaban J connectivity index is 2.22. The number of nitrogens with two attached hydrogens (primary N) is 1. The Morgan fingerprint density at radius 1 is 1.15 bits per heavy atom. The van der Waals surface area contributed by atoms with Crippen LogP contribution in [-0.4, -0.2) is 4.98 Å². The summed E-state index contributed by atoms with van der Waals surface area (Å²) in [6.07, 6.45) is 1.58. The molecule has 3 N–H and O–H groups in total. The van der Waals surface area contributed by atoms with Crippen LogP contribution >= 0.6 is 11.6 Å². The van der Waals surface area contributed by atoms with Gasteiger partial charge in [-0.25, -0.2) is 9.78 Å². The molecule has 20 heavy (non-hydrogen) atoms. The quantitative estimate of drug-likeness (QED) is 0.708. The molecule has 2 heterocycles. The van der Waals surface area contributed by atoms with Crippen LogP contribution < -0.4 is 16.7 Å². The van der Waals surface area contributed by atoms with Gasteiger partial charge < -0.3 is 15.5 Å². The van der Waals surface area contributed by atoms with Crippen LogP contribution in [0.15, 0.2) is 51.8 Å². The van der Waals surface area contributed by atoms with E-state index in [9.17, 15) is 4.79 Å². The third-order valence-corrected chi connectivity index (χ3v) is 3.19. The first-order valence-electron chi connectivity index (χ1n) is 5.85. The summed E-state index contributed by atoms with van der Waals surface area (Å²) in [6.45, 7) is 0. The Morgan fingerprint density at radius 2 is 1.90 bits per heavy atom. The Hall–Kier alpha value is -2.53. The molecule has 5 nitrogen and oxygen atoms in total. The van der Waals surface area contributed by atoms with Gasteiger partial charge >= 0.3 is 5.63 Å². The van der Waals surface area contributed by atoms with Crippen LogP contribution in [0.2, 0.25) is 5.15 Å². The van der Waals surface area contributed by atoms with Gasteiger partial charge in [0.25, 0.3) is 0 Å². The lowest BCUT2D eigenvalue weighted by molar-refractivity contribution is 0.542. The lowest BCUT2D eigenvalue weighted by Gasteiger charge is -2.11. The van der Waals surface area contributed by atoms with Crippen molar-refractivity contribution >= 4 is 39.6 Å². The first-order chi connectivity index (χ1) is 9.66. The highest BCUT2D eigenvalue weighted by Gasteiger charge is 2.12. The van der Waals surface area contributed by atoms with E-state index in [-0.39, 0.29) is 5.88 Å². The zero-order chi connectivity index (χ0) is 14.1. The van der Waals surface area contributed by atoms with Gasteiger partial charge in [0.15, 0.2) is 5.15 Å². The Kier molecular flexibility index (Phi) is 3.04. The largest absolute Gasteiger partial charge is 0.404 e. The van der Waals surface area contributed by atoms with Crippen molar-refractivity contribution in [1.29, 1.82) is 0 Å². The minimum absolute atomic E-state index is 0.00798. The first-order valence-corrected chi connectivity index (χ1v) is 6.23. The van der Waals surface area contributed by atoms with E-state index in [4.69, 9.17) is 21.8 Å². The fourth-order valence-corrected chi connectivity index (χ4v) is 2.13. The molecule has 1 aromatic carbocycles. The van der Waals surface area contributed by atoms with Crippen molar-refractivity contribution in [2.45, 2.75) is 0 Å². The molecule has 0 spiro atoms. The molecule has 0 bridgehead atoms. The molecule has 0 aliphatic heterocycles. The summed E-state index contributed by atoms with van der Waals surface area (Å²) in [5.41, 5.74) is 6.40. The molecule has 0 aliphatic rings. The molecule has 0 unspecified atom stereocenters. The SMILES string of the molecule is Nc1oc(=O)c2ccccc2c1Nc1cccnc1Cl. The molecule has 0 atom stereocenters. The van der Waals surface area contributed by atoms with Crippen molar-refractivity contribution in [1.82, 2.24) is 4.98 Å². The minimum atomic E-state index is -0.471. The first kappa shape index (κ1) is 12.5. The number of aromatic nitrogens is 1. The highest BCUT2D eigenvalue weighted by molar-refractivity contribution is 6.32. The van der Waals surface area contributed by atoms with E-state index >= 15 is 0 Å². The van der Waals surface area contributed by atoms with Gasteiger partial charge in [0.2, 0.25) is 5.88 Å². The number of nitrogens with zero attached hydrogens (tertiary/aromatic N) is 1. The summed E-state index contributed by atoms with van der Waals surface area (Å²) < 4.78 is 5.03. The second-order valence-corrected chi connectivity index (χ2v) is 4.50. The number of hydrogen-bond acceptors (Lipinski definition) is 5. The maximum Gasteiger partial charge on any atom is 0.345 e. The van der Waals surface area contributed by atoms with Crippen LogP contribution in [0.25, 0.3) is 10.8 Å². The van der Waals surface area contributed by atoms with Crippen LogP contribution in [-0.2, 0) is 0 Å². The highest BCUT2D eigenvalue weighted by atomic mass is 35.5. The fraction of sp³-hybridized carbons (Fsp3) is 0. The van der Waals surface area contributed by atoms with Crippen LogP contribution in [0.3, 0.4) is 0 Å². The highest BCUT2D eigenvalue weighted by Crippen LogP contribution is 2.31. The average molecular weight is 288 g/mol. The van der Waals surface area contributed by atoms with Crippen LogP contribution in [0, 0.1) is 0 Å². The van der Waals surface area contributed by atoms with Crippen LogP contribution in [0.1, 0.15) is 0 Å². The molecule has 0 radical (unpaired) electrons. The number of pyridine rings is 1. The number of anilines is 3. The number of rotatable bonds is 2. The third-order valence-electron chi connectivity index (χ3n) is 2.88. The Bertz CT molecular complexity index is 845. The number of nitrogen functional groups attached to an aromatic ring is 1. The van der Waals surface area contributed by atoms with Crippen molar-refractivity contribution in [3.05, 3.63) is 58.2 Å². The predicted molar refractivity (Wildman–Crippen MR) is 79.4 cm³/mol. The van der Waals surface area contributed by atoms with Crippen molar-refractivity contribution in [2.24, 2.45) is 0 Å². The number of nitrogens with one attached hydrogen (secondary N) is 1. The topological polar surface area (TPSA) is 81.1 Å². The normalized spacial score (nSPS) is 10.7. The van der Waals surface area contributed by atoms with Gasteiger partial charge in [-0.05, 0) is 18.2 Å². The molecule has 100 valence electrons. The lowest BCUT2D eigenvalue weighted by Crippen LogP contribution is -2.06. The van der Waals surface area contributed by atoms with E-state index in [0.29, 0.717) is 27.3 Å². The summed E-state index contributed by atoms with van der Waals surface area (Å²) in [7, 11) is 0. The lowest BCUT2D eigenvalue weighted by atomic mass is 10.1. The molecule has 2 aromatic heterocycles. The predicted octanol–water partition coefficient (Wildman–Crippen LogP) is 3.17. The van der Waals surface area contributed by atoms with E-state index in [1.54, 1.807) is 36.5 Å². The summed E-state index contributed by atoms with van der Waals surface area (Å²) >= 11 is 6.00. The molecule has 0 saturated carbocycles. The summed E-state index contributed by atoms with van der Waals surface area (Å²) in [4.78, 5) is 15.7. The number of hydrogen-bond donors (Lipinski definition) is 2. The number of halogens is 1. The van der Waals surface area contributed by atoms with Crippen LogP contribution in [0.5, 0.6) is 0 Å². The van der Waals surface area contributed by atoms with Crippen molar-refractivity contribution in [3.63, 3.8) is 0 Å². The van der Waals surface area contributed by atoms with Crippen molar-refractivity contribution < 1.29 is 4.42 Å². The van der Waals surface area contributed by atoms with Gasteiger partial charge in [-0.2, -0.15) is 0 Å². The van der Waals surface area contributed by atoms with Gasteiger partial charge in [-0.15, -0.1) is 0 Å². The zero-order valence-electron chi connectivity index (χ0n) is 10.3. The molecular formula is C14H10ClN3O2. The summed E-state index contributed by atoms with van der Waals surface area (Å²) in [6, 6.07) is 10.5. The monoisotopic (exact) mass is 287 g/mol. The average Bonchev–Trinajstić information content (AvgIpc) is 2.45. The van der Waals surface area contributed by atoms with Crippen molar-refractivity contribution in [2.75, 3.05) is 11.1 Å². The zero-order valence-corrected chi connectivity index (χ0v) is 11.0. The molecule has 0 saturated heterocycles. The van der Waals surface area contributed by atoms with E-state index in [2.05, 4.69) is 10.3 Å². The summed E-state index contributed by atoms with van der Waals surface area (Å²) in [5.74, 6) is 0.00798. The van der Waals surface area contributed by atoms with Crippen molar-refractivity contribution in [3.8, 4) is 0 Å².